The summed E-state index contributed by atoms with van der Waals surface area (Å²) in [7, 11) is 1.72. The zero-order valence-corrected chi connectivity index (χ0v) is 17.5. The molecule has 1 aliphatic rings. The van der Waals surface area contributed by atoms with Gasteiger partial charge < -0.3 is 10.1 Å². The van der Waals surface area contributed by atoms with Gasteiger partial charge in [0.2, 0.25) is 11.8 Å². The fourth-order valence-electron chi connectivity index (χ4n) is 3.74. The Bertz CT molecular complexity index is 1290. The Kier molecular flexibility index (Phi) is 5.55. The molecule has 1 aliphatic heterocycles. The predicted octanol–water partition coefficient (Wildman–Crippen LogP) is 1.69. The van der Waals surface area contributed by atoms with Gasteiger partial charge in [-0.05, 0) is 31.0 Å². The highest BCUT2D eigenvalue weighted by Gasteiger charge is 2.32. The number of carbonyl (C=O) groups excluding carboxylic acids is 3. The number of aromatic nitrogens is 3. The van der Waals surface area contributed by atoms with Crippen molar-refractivity contribution in [2.45, 2.75) is 25.7 Å². The van der Waals surface area contributed by atoms with Crippen LogP contribution in [0, 0.1) is 18.3 Å². The SMILES string of the molecule is Cc1cnc(C#N)c(NC(=O)COc2cccc3c(C4CCC(=O)NC4=O)nn(C)c23)c1. The summed E-state index contributed by atoms with van der Waals surface area (Å²) in [6.07, 6.45) is 2.19. The average molecular weight is 432 g/mol. The maximum Gasteiger partial charge on any atom is 0.262 e. The summed E-state index contributed by atoms with van der Waals surface area (Å²) in [5, 5.41) is 19.4. The number of nitrogens with zero attached hydrogens (tertiary/aromatic N) is 4. The molecule has 0 radical (unpaired) electrons. The molecule has 162 valence electrons. The normalized spacial score (nSPS) is 15.8. The number of pyridine rings is 1. The summed E-state index contributed by atoms with van der Waals surface area (Å²) in [6, 6.07) is 8.90. The first-order valence-corrected chi connectivity index (χ1v) is 9.96. The first-order valence-electron chi connectivity index (χ1n) is 9.96. The number of amides is 3. The molecule has 1 unspecified atom stereocenters. The summed E-state index contributed by atoms with van der Waals surface area (Å²) < 4.78 is 7.35. The third-order valence-corrected chi connectivity index (χ3v) is 5.19. The van der Waals surface area contributed by atoms with Gasteiger partial charge in [-0.1, -0.05) is 12.1 Å². The molecule has 3 heterocycles. The quantitative estimate of drug-likeness (QED) is 0.585. The second kappa shape index (κ2) is 8.47. The number of ether oxygens (including phenoxy) is 1. The van der Waals surface area contributed by atoms with E-state index < -0.39 is 11.8 Å². The molecule has 3 amide bonds. The Morgan fingerprint density at radius 1 is 1.41 bits per heavy atom. The maximum atomic E-state index is 12.4. The zero-order chi connectivity index (χ0) is 22.8. The fourth-order valence-corrected chi connectivity index (χ4v) is 3.74. The second-order valence-electron chi connectivity index (χ2n) is 7.52. The van der Waals surface area contributed by atoms with Gasteiger partial charge in [0.15, 0.2) is 12.3 Å². The first-order chi connectivity index (χ1) is 15.4. The molecule has 2 aromatic heterocycles. The van der Waals surface area contributed by atoms with Gasteiger partial charge in [-0.3, -0.25) is 24.4 Å². The number of para-hydroxylation sites is 1. The lowest BCUT2D eigenvalue weighted by molar-refractivity contribution is -0.134. The number of aryl methyl sites for hydroxylation is 2. The van der Waals surface area contributed by atoms with Gasteiger partial charge >= 0.3 is 0 Å². The van der Waals surface area contributed by atoms with Crippen molar-refractivity contribution < 1.29 is 19.1 Å². The molecule has 32 heavy (non-hydrogen) atoms. The van der Waals surface area contributed by atoms with Gasteiger partial charge in [-0.15, -0.1) is 0 Å². The summed E-state index contributed by atoms with van der Waals surface area (Å²) in [5.74, 6) is -1.21. The van der Waals surface area contributed by atoms with Crippen LogP contribution in [0.5, 0.6) is 5.75 Å². The van der Waals surface area contributed by atoms with Crippen molar-refractivity contribution in [3.05, 3.63) is 47.4 Å². The van der Waals surface area contributed by atoms with Gasteiger partial charge in [0.1, 0.15) is 17.3 Å². The third kappa shape index (κ3) is 4.00. The summed E-state index contributed by atoms with van der Waals surface area (Å²) in [6.45, 7) is 1.51. The number of fused-ring (bicyclic) bond motifs is 1. The van der Waals surface area contributed by atoms with Crippen molar-refractivity contribution in [2.24, 2.45) is 7.05 Å². The van der Waals surface area contributed by atoms with E-state index >= 15 is 0 Å². The lowest BCUT2D eigenvalue weighted by Crippen LogP contribution is -2.39. The van der Waals surface area contributed by atoms with Crippen molar-refractivity contribution in [3.8, 4) is 11.8 Å². The molecule has 2 N–H and O–H groups in total. The Hall–Kier alpha value is -4.26. The third-order valence-electron chi connectivity index (χ3n) is 5.19. The highest BCUT2D eigenvalue weighted by Crippen LogP contribution is 2.34. The minimum atomic E-state index is -0.534. The van der Waals surface area contributed by atoms with Crippen molar-refractivity contribution >= 4 is 34.3 Å². The van der Waals surface area contributed by atoms with E-state index in [1.165, 1.54) is 0 Å². The van der Waals surface area contributed by atoms with Crippen LogP contribution in [0.4, 0.5) is 5.69 Å². The van der Waals surface area contributed by atoms with Crippen LogP contribution in [0.3, 0.4) is 0 Å². The smallest absolute Gasteiger partial charge is 0.262 e. The largest absolute Gasteiger partial charge is 0.481 e. The van der Waals surface area contributed by atoms with Crippen LogP contribution in [0.15, 0.2) is 30.5 Å². The molecule has 0 spiro atoms. The number of hydrogen-bond donors (Lipinski definition) is 2. The van der Waals surface area contributed by atoms with Crippen LogP contribution in [0.25, 0.3) is 10.9 Å². The summed E-state index contributed by atoms with van der Waals surface area (Å²) in [5.41, 5.74) is 2.44. The molecule has 10 nitrogen and oxygen atoms in total. The van der Waals surface area contributed by atoms with E-state index in [1.54, 1.807) is 36.1 Å². The Balaban J connectivity index is 1.54. The van der Waals surface area contributed by atoms with Gasteiger partial charge in [0.05, 0.1) is 17.3 Å². The minimum absolute atomic E-state index is 0.117. The molecule has 1 fully saturated rings. The lowest BCUT2D eigenvalue weighted by atomic mass is 9.93. The molecule has 0 bridgehead atoms. The number of hydrogen-bond acceptors (Lipinski definition) is 7. The van der Waals surface area contributed by atoms with Crippen molar-refractivity contribution in [1.29, 1.82) is 5.26 Å². The molecular weight excluding hydrogens is 412 g/mol. The molecular formula is C22H20N6O4. The molecule has 3 aromatic rings. The zero-order valence-electron chi connectivity index (χ0n) is 17.5. The van der Waals surface area contributed by atoms with Crippen molar-refractivity contribution in [1.82, 2.24) is 20.1 Å². The van der Waals surface area contributed by atoms with Crippen LogP contribution >= 0.6 is 0 Å². The number of anilines is 1. The Labute approximate surface area is 183 Å². The number of piperidine rings is 1. The summed E-state index contributed by atoms with van der Waals surface area (Å²) >= 11 is 0. The molecule has 10 heteroatoms. The molecule has 0 aliphatic carbocycles. The summed E-state index contributed by atoms with van der Waals surface area (Å²) in [4.78, 5) is 40.2. The van der Waals surface area contributed by atoms with E-state index in [9.17, 15) is 19.6 Å². The average Bonchev–Trinajstić information content (AvgIpc) is 3.09. The van der Waals surface area contributed by atoms with E-state index in [0.29, 0.717) is 29.1 Å². The number of nitriles is 1. The van der Waals surface area contributed by atoms with Gasteiger partial charge in [0.25, 0.3) is 5.91 Å². The van der Waals surface area contributed by atoms with E-state index in [1.807, 2.05) is 19.1 Å². The number of imide groups is 1. The van der Waals surface area contributed by atoms with Crippen LogP contribution in [0.2, 0.25) is 0 Å². The predicted molar refractivity (Wildman–Crippen MR) is 114 cm³/mol. The standard InChI is InChI=1S/C22H20N6O4/c1-12-8-15(16(9-23)24-10-12)25-19(30)11-32-17-5-3-4-13-20(27-28(2)21(13)17)14-6-7-18(29)26-22(14)31/h3-5,8,10,14H,6-7,11H2,1-2H3,(H,25,30)(H,26,29,31). The van der Waals surface area contributed by atoms with E-state index in [2.05, 4.69) is 20.7 Å². The Morgan fingerprint density at radius 2 is 2.22 bits per heavy atom. The van der Waals surface area contributed by atoms with Gasteiger partial charge in [-0.25, -0.2) is 4.98 Å². The maximum absolute atomic E-state index is 12.4. The number of carbonyl (C=O) groups is 3. The number of benzene rings is 1. The van der Waals surface area contributed by atoms with E-state index in [0.717, 1.165) is 10.9 Å². The van der Waals surface area contributed by atoms with E-state index in [-0.39, 0.29) is 30.5 Å². The van der Waals surface area contributed by atoms with Crippen molar-refractivity contribution in [3.63, 3.8) is 0 Å². The molecule has 0 saturated carbocycles. The van der Waals surface area contributed by atoms with Gasteiger partial charge in [-0.2, -0.15) is 10.4 Å². The van der Waals surface area contributed by atoms with Crippen LogP contribution in [-0.4, -0.2) is 39.1 Å². The highest BCUT2D eigenvalue weighted by atomic mass is 16.5. The van der Waals surface area contributed by atoms with Crippen molar-refractivity contribution in [2.75, 3.05) is 11.9 Å². The first kappa shape index (κ1) is 21.0. The molecule has 1 aromatic carbocycles. The highest BCUT2D eigenvalue weighted by molar-refractivity contribution is 6.03. The molecule has 4 rings (SSSR count). The second-order valence-corrected chi connectivity index (χ2v) is 7.52. The minimum Gasteiger partial charge on any atom is -0.481 e. The van der Waals surface area contributed by atoms with Crippen LogP contribution in [0.1, 0.15) is 35.7 Å². The lowest BCUT2D eigenvalue weighted by Gasteiger charge is -2.19. The van der Waals surface area contributed by atoms with Crippen LogP contribution < -0.4 is 15.4 Å². The number of nitrogens with one attached hydrogen (secondary N) is 2. The van der Waals surface area contributed by atoms with Crippen LogP contribution in [-0.2, 0) is 21.4 Å². The topological polar surface area (TPSA) is 139 Å². The monoisotopic (exact) mass is 432 g/mol. The molecule has 1 atom stereocenters. The Morgan fingerprint density at radius 3 is 2.97 bits per heavy atom. The molecule has 1 saturated heterocycles. The number of rotatable bonds is 5. The van der Waals surface area contributed by atoms with E-state index in [4.69, 9.17) is 4.74 Å². The van der Waals surface area contributed by atoms with Gasteiger partial charge in [0, 0.05) is 25.1 Å². The fraction of sp³-hybridized carbons (Fsp3) is 0.273.